The zero-order valence-corrected chi connectivity index (χ0v) is 9.47. The lowest BCUT2D eigenvalue weighted by atomic mass is 9.86. The van der Waals surface area contributed by atoms with Crippen LogP contribution in [0.5, 0.6) is 0 Å². The van der Waals surface area contributed by atoms with E-state index < -0.39 is 0 Å². The van der Waals surface area contributed by atoms with Crippen molar-refractivity contribution in [2.45, 2.75) is 25.3 Å². The summed E-state index contributed by atoms with van der Waals surface area (Å²) in [5.74, 6) is 0.0727. The third-order valence-corrected chi connectivity index (χ3v) is 3.66. The van der Waals surface area contributed by atoms with Gasteiger partial charge in [0.25, 0.3) is 0 Å². The molecular formula is C13H14N2O2. The van der Waals surface area contributed by atoms with Crippen molar-refractivity contribution in [3.8, 4) is 0 Å². The summed E-state index contributed by atoms with van der Waals surface area (Å²) in [5.41, 5.74) is 3.10. The molecule has 0 radical (unpaired) electrons. The number of carbonyl (C=O) groups is 1. The summed E-state index contributed by atoms with van der Waals surface area (Å²) in [4.78, 5) is 13.9. The van der Waals surface area contributed by atoms with Gasteiger partial charge in [0.2, 0.25) is 5.91 Å². The van der Waals surface area contributed by atoms with Gasteiger partial charge in [0.1, 0.15) is 0 Å². The Labute approximate surface area is 99.5 Å². The number of hydrogen-bond donors (Lipinski definition) is 1. The summed E-state index contributed by atoms with van der Waals surface area (Å²) in [7, 11) is 0. The van der Waals surface area contributed by atoms with Gasteiger partial charge in [-0.1, -0.05) is 29.4 Å². The molecule has 1 saturated heterocycles. The van der Waals surface area contributed by atoms with Crippen LogP contribution in [0, 0.1) is 0 Å². The van der Waals surface area contributed by atoms with Crippen LogP contribution >= 0.6 is 0 Å². The Hall–Kier alpha value is -1.84. The standard InChI is InChI=1S/C13H14N2O2/c16-13-8-10(14-17)7-12-11-4-2-1-3-9(11)5-6-15(12)13/h1-4,12,17H,5-8H2/b14-10-/t12-/m1/s1. The van der Waals surface area contributed by atoms with Crippen LogP contribution < -0.4 is 0 Å². The van der Waals surface area contributed by atoms with Crippen molar-refractivity contribution < 1.29 is 10.0 Å². The number of fused-ring (bicyclic) bond motifs is 3. The molecule has 1 aromatic carbocycles. The number of rotatable bonds is 0. The van der Waals surface area contributed by atoms with Gasteiger partial charge < -0.3 is 10.1 Å². The van der Waals surface area contributed by atoms with Crippen molar-refractivity contribution in [2.75, 3.05) is 6.54 Å². The molecule has 1 amide bonds. The normalized spacial score (nSPS) is 25.6. The topological polar surface area (TPSA) is 52.9 Å². The molecular weight excluding hydrogens is 216 g/mol. The third kappa shape index (κ3) is 1.60. The maximum Gasteiger partial charge on any atom is 0.228 e. The van der Waals surface area contributed by atoms with E-state index in [2.05, 4.69) is 17.3 Å². The number of amides is 1. The minimum atomic E-state index is 0.0621. The van der Waals surface area contributed by atoms with E-state index in [-0.39, 0.29) is 18.4 Å². The summed E-state index contributed by atoms with van der Waals surface area (Å²) in [5, 5.41) is 12.1. The molecule has 4 nitrogen and oxygen atoms in total. The van der Waals surface area contributed by atoms with Gasteiger partial charge in [-0.05, 0) is 17.5 Å². The number of hydrogen-bond acceptors (Lipinski definition) is 3. The Bertz CT molecular complexity index is 496. The number of carbonyl (C=O) groups excluding carboxylic acids is 1. The monoisotopic (exact) mass is 230 g/mol. The molecule has 0 bridgehead atoms. The highest BCUT2D eigenvalue weighted by Crippen LogP contribution is 2.35. The Kier molecular flexibility index (Phi) is 2.35. The molecule has 3 rings (SSSR count). The van der Waals surface area contributed by atoms with Crippen LogP contribution in [0.2, 0.25) is 0 Å². The highest BCUT2D eigenvalue weighted by molar-refractivity contribution is 6.03. The second-order valence-corrected chi connectivity index (χ2v) is 4.60. The molecule has 88 valence electrons. The van der Waals surface area contributed by atoms with Crippen molar-refractivity contribution in [1.29, 1.82) is 0 Å². The van der Waals surface area contributed by atoms with Gasteiger partial charge in [-0.25, -0.2) is 0 Å². The first-order valence-corrected chi connectivity index (χ1v) is 5.86. The van der Waals surface area contributed by atoms with Crippen molar-refractivity contribution in [3.05, 3.63) is 35.4 Å². The molecule has 1 N–H and O–H groups in total. The Morgan fingerprint density at radius 2 is 2.18 bits per heavy atom. The number of piperidine rings is 1. The molecule has 0 aromatic heterocycles. The summed E-state index contributed by atoms with van der Waals surface area (Å²) >= 11 is 0. The zero-order valence-electron chi connectivity index (χ0n) is 9.47. The van der Waals surface area contributed by atoms with Gasteiger partial charge in [-0.15, -0.1) is 0 Å². The maximum atomic E-state index is 11.9. The van der Waals surface area contributed by atoms with Gasteiger partial charge in [0.05, 0.1) is 18.2 Å². The van der Waals surface area contributed by atoms with Crippen LogP contribution in [0.25, 0.3) is 0 Å². The second kappa shape index (κ2) is 3.87. The van der Waals surface area contributed by atoms with E-state index in [0.29, 0.717) is 12.1 Å². The molecule has 0 spiro atoms. The van der Waals surface area contributed by atoms with Gasteiger partial charge in [-0.2, -0.15) is 0 Å². The minimum Gasteiger partial charge on any atom is -0.411 e. The maximum absolute atomic E-state index is 11.9. The SMILES string of the molecule is O=C1C/C(=N\O)C[C@@H]2c3ccccc3CCN12. The predicted molar refractivity (Wildman–Crippen MR) is 63.1 cm³/mol. The Balaban J connectivity index is 2.02. The molecule has 2 aliphatic heterocycles. The average molecular weight is 230 g/mol. The number of benzene rings is 1. The smallest absolute Gasteiger partial charge is 0.228 e. The Morgan fingerprint density at radius 1 is 1.35 bits per heavy atom. The van der Waals surface area contributed by atoms with Gasteiger partial charge in [0.15, 0.2) is 0 Å². The first-order valence-electron chi connectivity index (χ1n) is 5.86. The predicted octanol–water partition coefficient (Wildman–Crippen LogP) is 1.74. The van der Waals surface area contributed by atoms with E-state index in [4.69, 9.17) is 5.21 Å². The van der Waals surface area contributed by atoms with Gasteiger partial charge in [-0.3, -0.25) is 4.79 Å². The van der Waals surface area contributed by atoms with Crippen LogP contribution in [0.3, 0.4) is 0 Å². The van der Waals surface area contributed by atoms with Crippen LogP contribution in [0.15, 0.2) is 29.4 Å². The molecule has 1 aromatic rings. The van der Waals surface area contributed by atoms with E-state index in [9.17, 15) is 4.79 Å². The summed E-state index contributed by atoms with van der Waals surface area (Å²) in [6.07, 6.45) is 1.83. The van der Waals surface area contributed by atoms with E-state index >= 15 is 0 Å². The highest BCUT2D eigenvalue weighted by Gasteiger charge is 2.36. The molecule has 0 aliphatic carbocycles. The van der Waals surface area contributed by atoms with Crippen LogP contribution in [-0.2, 0) is 11.2 Å². The average Bonchev–Trinajstić information content (AvgIpc) is 2.38. The zero-order chi connectivity index (χ0) is 11.8. The molecule has 2 aliphatic rings. The largest absolute Gasteiger partial charge is 0.411 e. The van der Waals surface area contributed by atoms with E-state index in [1.165, 1.54) is 11.1 Å². The summed E-state index contributed by atoms with van der Waals surface area (Å²) < 4.78 is 0. The first-order chi connectivity index (χ1) is 8.29. The highest BCUT2D eigenvalue weighted by atomic mass is 16.4. The van der Waals surface area contributed by atoms with Crippen molar-refractivity contribution in [3.63, 3.8) is 0 Å². The second-order valence-electron chi connectivity index (χ2n) is 4.60. The molecule has 2 heterocycles. The first kappa shape index (κ1) is 10.3. The lowest BCUT2D eigenvalue weighted by Gasteiger charge is -2.40. The van der Waals surface area contributed by atoms with E-state index in [1.807, 2.05) is 17.0 Å². The summed E-state index contributed by atoms with van der Waals surface area (Å²) in [6, 6.07) is 8.27. The molecule has 1 fully saturated rings. The fourth-order valence-corrected chi connectivity index (χ4v) is 2.82. The van der Waals surface area contributed by atoms with Gasteiger partial charge >= 0.3 is 0 Å². The van der Waals surface area contributed by atoms with Crippen LogP contribution in [0.4, 0.5) is 0 Å². The van der Waals surface area contributed by atoms with E-state index in [1.54, 1.807) is 0 Å². The molecule has 1 atom stereocenters. The van der Waals surface area contributed by atoms with Crippen molar-refractivity contribution in [2.24, 2.45) is 5.16 Å². The summed E-state index contributed by atoms with van der Waals surface area (Å²) in [6.45, 7) is 0.777. The molecule has 0 saturated carbocycles. The fraction of sp³-hybridized carbons (Fsp3) is 0.385. The quantitative estimate of drug-likeness (QED) is 0.545. The Morgan fingerprint density at radius 3 is 3.00 bits per heavy atom. The van der Waals surface area contributed by atoms with Crippen molar-refractivity contribution in [1.82, 2.24) is 4.90 Å². The third-order valence-electron chi connectivity index (χ3n) is 3.66. The van der Waals surface area contributed by atoms with Crippen LogP contribution in [-0.4, -0.2) is 28.3 Å². The molecule has 17 heavy (non-hydrogen) atoms. The minimum absolute atomic E-state index is 0.0621. The van der Waals surface area contributed by atoms with Crippen molar-refractivity contribution >= 4 is 11.6 Å². The number of nitrogens with zero attached hydrogens (tertiary/aromatic N) is 2. The lowest BCUT2D eigenvalue weighted by molar-refractivity contribution is -0.133. The fourth-order valence-electron chi connectivity index (χ4n) is 2.82. The van der Waals surface area contributed by atoms with Gasteiger partial charge in [0, 0.05) is 13.0 Å². The van der Waals surface area contributed by atoms with Crippen LogP contribution in [0.1, 0.15) is 30.0 Å². The molecule has 4 heteroatoms. The number of oxime groups is 1. The molecule has 0 unspecified atom stereocenters. The lowest BCUT2D eigenvalue weighted by Crippen LogP contribution is -2.45. The van der Waals surface area contributed by atoms with E-state index in [0.717, 1.165) is 13.0 Å².